The second kappa shape index (κ2) is 9.16. The molecule has 0 bridgehead atoms. The third kappa shape index (κ3) is 5.52. The van der Waals surface area contributed by atoms with E-state index < -0.39 is 34.0 Å². The Morgan fingerprint density at radius 1 is 1.11 bits per heavy atom. The van der Waals surface area contributed by atoms with Crippen molar-refractivity contribution in [2.45, 2.75) is 49.6 Å². The Morgan fingerprint density at radius 2 is 1.68 bits per heavy atom. The van der Waals surface area contributed by atoms with E-state index in [1.807, 2.05) is 0 Å². The molecular weight excluding hydrogens is 386 g/mol. The molecule has 10 heteroatoms. The first-order chi connectivity index (χ1) is 13.1. The van der Waals surface area contributed by atoms with Crippen molar-refractivity contribution in [3.63, 3.8) is 0 Å². The van der Waals surface area contributed by atoms with Gasteiger partial charge in [-0.2, -0.15) is 0 Å². The van der Waals surface area contributed by atoms with Gasteiger partial charge < -0.3 is 10.1 Å². The lowest BCUT2D eigenvalue weighted by Gasteiger charge is -2.16. The van der Waals surface area contributed by atoms with Crippen LogP contribution in [-0.2, 0) is 19.6 Å². The van der Waals surface area contributed by atoms with Gasteiger partial charge in [0.1, 0.15) is 0 Å². The highest BCUT2D eigenvalue weighted by Gasteiger charge is 2.24. The van der Waals surface area contributed by atoms with Crippen molar-refractivity contribution in [1.82, 2.24) is 14.9 Å². The Bertz CT molecular complexity index is 829. The van der Waals surface area contributed by atoms with Crippen LogP contribution in [0.4, 0.5) is 4.79 Å². The largest absolute Gasteiger partial charge is 0.449 e. The molecule has 28 heavy (non-hydrogen) atoms. The Morgan fingerprint density at radius 3 is 2.21 bits per heavy atom. The van der Waals surface area contributed by atoms with E-state index in [0.717, 1.165) is 30.0 Å². The average Bonchev–Trinajstić information content (AvgIpc) is 3.14. The maximum absolute atomic E-state index is 12.2. The van der Waals surface area contributed by atoms with Gasteiger partial charge in [0.2, 0.25) is 10.0 Å². The molecule has 1 fully saturated rings. The molecule has 1 aliphatic carbocycles. The molecule has 1 atom stereocenters. The number of carbonyl (C=O) groups excluding carboxylic acids is 3. The van der Waals surface area contributed by atoms with Gasteiger partial charge in [0.05, 0.1) is 10.5 Å². The zero-order valence-electron chi connectivity index (χ0n) is 16.1. The number of hydrogen-bond donors (Lipinski definition) is 2. The molecule has 0 spiro atoms. The fourth-order valence-corrected chi connectivity index (χ4v) is 3.66. The minimum Gasteiger partial charge on any atom is -0.449 e. The molecule has 2 rings (SSSR count). The molecule has 0 aliphatic heterocycles. The summed E-state index contributed by atoms with van der Waals surface area (Å²) in [4.78, 5) is 36.0. The predicted octanol–water partition coefficient (Wildman–Crippen LogP) is 1.25. The van der Waals surface area contributed by atoms with Crippen molar-refractivity contribution >= 4 is 27.9 Å². The van der Waals surface area contributed by atoms with Gasteiger partial charge in [0.15, 0.2) is 6.10 Å². The standard InChI is InChI=1S/C18H25N3O6S/c1-12(16(22)20-18(24)19-14-6-4-5-7-14)27-17(23)13-8-10-15(11-9-13)28(25,26)21(2)3/h8-12,14H,4-7H2,1-3H3,(H2,19,20,22,24). The monoisotopic (exact) mass is 411 g/mol. The number of rotatable bonds is 6. The number of nitrogens with zero attached hydrogens (tertiary/aromatic N) is 1. The maximum atomic E-state index is 12.2. The first-order valence-electron chi connectivity index (χ1n) is 8.96. The second-order valence-corrected chi connectivity index (χ2v) is 8.96. The van der Waals surface area contributed by atoms with Crippen LogP contribution in [0.15, 0.2) is 29.2 Å². The summed E-state index contributed by atoms with van der Waals surface area (Å²) < 4.78 is 30.2. The van der Waals surface area contributed by atoms with E-state index in [2.05, 4.69) is 10.6 Å². The van der Waals surface area contributed by atoms with Gasteiger partial charge in [-0.1, -0.05) is 12.8 Å². The van der Waals surface area contributed by atoms with Crippen LogP contribution in [0.3, 0.4) is 0 Å². The summed E-state index contributed by atoms with van der Waals surface area (Å²) >= 11 is 0. The maximum Gasteiger partial charge on any atom is 0.338 e. The number of urea groups is 1. The van der Waals surface area contributed by atoms with E-state index in [0.29, 0.717) is 0 Å². The summed E-state index contributed by atoms with van der Waals surface area (Å²) in [7, 11) is -0.800. The van der Waals surface area contributed by atoms with Gasteiger partial charge >= 0.3 is 12.0 Å². The molecule has 1 aromatic rings. The van der Waals surface area contributed by atoms with Crippen LogP contribution >= 0.6 is 0 Å². The smallest absolute Gasteiger partial charge is 0.338 e. The Balaban J connectivity index is 1.90. The predicted molar refractivity (Wildman–Crippen MR) is 101 cm³/mol. The molecule has 0 radical (unpaired) electrons. The van der Waals surface area contributed by atoms with Crippen molar-refractivity contribution in [2.24, 2.45) is 0 Å². The van der Waals surface area contributed by atoms with Gasteiger partial charge in [0, 0.05) is 20.1 Å². The molecule has 2 N–H and O–H groups in total. The van der Waals surface area contributed by atoms with E-state index in [-0.39, 0.29) is 16.5 Å². The van der Waals surface area contributed by atoms with E-state index in [1.54, 1.807) is 0 Å². The minimum absolute atomic E-state index is 0.0309. The van der Waals surface area contributed by atoms with Crippen LogP contribution in [-0.4, -0.2) is 56.9 Å². The van der Waals surface area contributed by atoms with E-state index in [9.17, 15) is 22.8 Å². The lowest BCUT2D eigenvalue weighted by Crippen LogP contribution is -2.47. The number of benzene rings is 1. The van der Waals surface area contributed by atoms with E-state index >= 15 is 0 Å². The fourth-order valence-electron chi connectivity index (χ4n) is 2.76. The highest BCUT2D eigenvalue weighted by Crippen LogP contribution is 2.17. The van der Waals surface area contributed by atoms with Crippen molar-refractivity contribution in [1.29, 1.82) is 0 Å². The van der Waals surface area contributed by atoms with Crippen molar-refractivity contribution in [3.05, 3.63) is 29.8 Å². The zero-order chi connectivity index (χ0) is 20.9. The van der Waals surface area contributed by atoms with E-state index in [4.69, 9.17) is 4.74 Å². The SMILES string of the molecule is CC(OC(=O)c1ccc(S(=O)(=O)N(C)C)cc1)C(=O)NC(=O)NC1CCCC1. The summed E-state index contributed by atoms with van der Waals surface area (Å²) in [5, 5.41) is 4.86. The number of carbonyl (C=O) groups is 3. The summed E-state index contributed by atoms with van der Waals surface area (Å²) in [6, 6.07) is 4.62. The molecular formula is C18H25N3O6S. The molecule has 0 heterocycles. The van der Waals surface area contributed by atoms with E-state index in [1.165, 1.54) is 45.3 Å². The van der Waals surface area contributed by atoms with Crippen LogP contribution in [0.1, 0.15) is 43.0 Å². The molecule has 0 aromatic heterocycles. The first kappa shape index (κ1) is 21.8. The van der Waals surface area contributed by atoms with Crippen LogP contribution in [0.5, 0.6) is 0 Å². The van der Waals surface area contributed by atoms with Gasteiger partial charge in [-0.25, -0.2) is 22.3 Å². The molecule has 1 aliphatic rings. The molecule has 1 aromatic carbocycles. The third-order valence-corrected chi connectivity index (χ3v) is 6.28. The van der Waals surface area contributed by atoms with Crippen LogP contribution in [0, 0.1) is 0 Å². The molecule has 3 amide bonds. The van der Waals surface area contributed by atoms with Crippen molar-refractivity contribution in [3.8, 4) is 0 Å². The highest BCUT2D eigenvalue weighted by molar-refractivity contribution is 7.89. The number of ether oxygens (including phenoxy) is 1. The number of esters is 1. The summed E-state index contributed by atoms with van der Waals surface area (Å²) in [5.74, 6) is -1.54. The van der Waals surface area contributed by atoms with Gasteiger partial charge in [-0.05, 0) is 44.0 Å². The Labute approximate surface area is 164 Å². The third-order valence-electron chi connectivity index (χ3n) is 4.45. The molecule has 9 nitrogen and oxygen atoms in total. The second-order valence-electron chi connectivity index (χ2n) is 6.80. The number of hydrogen-bond acceptors (Lipinski definition) is 6. The van der Waals surface area contributed by atoms with Gasteiger partial charge in [-0.15, -0.1) is 0 Å². The highest BCUT2D eigenvalue weighted by atomic mass is 32.2. The van der Waals surface area contributed by atoms with Crippen molar-refractivity contribution < 1.29 is 27.5 Å². The lowest BCUT2D eigenvalue weighted by atomic mass is 10.2. The normalized spacial score (nSPS) is 15.9. The number of nitrogens with one attached hydrogen (secondary N) is 2. The van der Waals surface area contributed by atoms with Gasteiger partial charge in [0.25, 0.3) is 5.91 Å². The minimum atomic E-state index is -3.61. The lowest BCUT2D eigenvalue weighted by molar-refractivity contribution is -0.127. The topological polar surface area (TPSA) is 122 Å². The van der Waals surface area contributed by atoms with Crippen LogP contribution < -0.4 is 10.6 Å². The quantitative estimate of drug-likeness (QED) is 0.680. The molecule has 0 saturated heterocycles. The average molecular weight is 411 g/mol. The van der Waals surface area contributed by atoms with Crippen LogP contribution in [0.2, 0.25) is 0 Å². The molecule has 1 saturated carbocycles. The Hall–Kier alpha value is -2.46. The van der Waals surface area contributed by atoms with Gasteiger partial charge in [-0.3, -0.25) is 10.1 Å². The van der Waals surface area contributed by atoms with Crippen molar-refractivity contribution in [2.75, 3.05) is 14.1 Å². The summed E-state index contributed by atoms with van der Waals surface area (Å²) in [5.41, 5.74) is 0.0905. The molecule has 1 unspecified atom stereocenters. The fraction of sp³-hybridized carbons (Fsp3) is 0.500. The number of sulfonamides is 1. The summed E-state index contributed by atoms with van der Waals surface area (Å²) in [6.45, 7) is 1.35. The number of amides is 3. The summed E-state index contributed by atoms with van der Waals surface area (Å²) in [6.07, 6.45) is 2.66. The number of imide groups is 1. The Kier molecular flexibility index (Phi) is 7.14. The first-order valence-corrected chi connectivity index (χ1v) is 10.4. The van der Waals surface area contributed by atoms with Crippen LogP contribution in [0.25, 0.3) is 0 Å². The zero-order valence-corrected chi connectivity index (χ0v) is 16.9. The molecule has 154 valence electrons.